The van der Waals surface area contributed by atoms with Gasteiger partial charge >= 0.3 is 0 Å². The number of para-hydroxylation sites is 1. The van der Waals surface area contributed by atoms with E-state index in [0.717, 1.165) is 10.4 Å². The first-order chi connectivity index (χ1) is 9.41. The molecule has 0 aromatic heterocycles. The third-order valence-corrected chi connectivity index (χ3v) is 4.44. The first kappa shape index (κ1) is 16.5. The van der Waals surface area contributed by atoms with E-state index in [1.165, 1.54) is 25.2 Å². The number of aliphatic hydroxyl groups is 1. The molecule has 0 bridgehead atoms. The van der Waals surface area contributed by atoms with Gasteiger partial charge < -0.3 is 9.84 Å². The van der Waals surface area contributed by atoms with E-state index in [-0.39, 0.29) is 31.3 Å². The lowest BCUT2D eigenvalue weighted by Gasteiger charge is -2.16. The molecule has 0 radical (unpaired) electrons. The summed E-state index contributed by atoms with van der Waals surface area (Å²) in [5.41, 5.74) is -0.462. The molecule has 8 nitrogen and oxygen atoms in total. The van der Waals surface area contributed by atoms with Gasteiger partial charge in [-0.15, -0.1) is 0 Å². The van der Waals surface area contributed by atoms with Crippen LogP contribution in [-0.4, -0.2) is 56.2 Å². The van der Waals surface area contributed by atoms with Gasteiger partial charge in [0.2, 0.25) is 10.0 Å². The quantitative estimate of drug-likeness (QED) is 0.418. The average molecular weight is 304 g/mol. The third kappa shape index (κ3) is 3.97. The fraction of sp³-hybridized carbons (Fsp3) is 0.455. The van der Waals surface area contributed by atoms with Crippen LogP contribution in [0.2, 0.25) is 0 Å². The lowest BCUT2D eigenvalue weighted by Crippen LogP contribution is -2.31. The van der Waals surface area contributed by atoms with E-state index in [4.69, 9.17) is 9.84 Å². The maximum Gasteiger partial charge on any atom is 0.289 e. The van der Waals surface area contributed by atoms with Crippen LogP contribution in [0.5, 0.6) is 0 Å². The predicted octanol–water partition coefficient (Wildman–Crippen LogP) is 0.224. The van der Waals surface area contributed by atoms with Crippen LogP contribution < -0.4 is 0 Å². The van der Waals surface area contributed by atoms with Crippen molar-refractivity contribution >= 4 is 15.7 Å². The molecule has 0 unspecified atom stereocenters. The summed E-state index contributed by atoms with van der Waals surface area (Å²) in [6, 6.07) is 5.17. The SMILES string of the molecule is CN(CCOCCO)S(=O)(=O)c1ccccc1[N+](=O)[O-]. The Morgan fingerprint density at radius 3 is 2.60 bits per heavy atom. The van der Waals surface area contributed by atoms with Crippen molar-refractivity contribution in [3.8, 4) is 0 Å². The highest BCUT2D eigenvalue weighted by atomic mass is 32.2. The van der Waals surface area contributed by atoms with Crippen molar-refractivity contribution in [2.45, 2.75) is 4.90 Å². The van der Waals surface area contributed by atoms with Crippen molar-refractivity contribution in [1.82, 2.24) is 4.31 Å². The van der Waals surface area contributed by atoms with Crippen molar-refractivity contribution in [1.29, 1.82) is 0 Å². The lowest BCUT2D eigenvalue weighted by molar-refractivity contribution is -0.387. The minimum Gasteiger partial charge on any atom is -0.394 e. The molecule has 9 heteroatoms. The molecule has 1 rings (SSSR count). The first-order valence-electron chi connectivity index (χ1n) is 5.79. The maximum absolute atomic E-state index is 12.2. The summed E-state index contributed by atoms with van der Waals surface area (Å²) in [4.78, 5) is 9.78. The topological polar surface area (TPSA) is 110 Å². The smallest absolute Gasteiger partial charge is 0.289 e. The second-order valence-electron chi connectivity index (χ2n) is 3.89. The molecule has 20 heavy (non-hydrogen) atoms. The van der Waals surface area contributed by atoms with Gasteiger partial charge in [0.15, 0.2) is 4.90 Å². The van der Waals surface area contributed by atoms with E-state index in [1.807, 2.05) is 0 Å². The molecule has 1 aromatic rings. The average Bonchev–Trinajstić information content (AvgIpc) is 2.43. The van der Waals surface area contributed by atoms with E-state index in [0.29, 0.717) is 0 Å². The normalized spacial score (nSPS) is 11.8. The lowest BCUT2D eigenvalue weighted by atomic mass is 10.3. The number of sulfonamides is 1. The summed E-state index contributed by atoms with van der Waals surface area (Å²) in [5, 5.41) is 19.4. The van der Waals surface area contributed by atoms with Crippen LogP contribution in [-0.2, 0) is 14.8 Å². The maximum atomic E-state index is 12.2. The van der Waals surface area contributed by atoms with Crippen LogP contribution in [0.3, 0.4) is 0 Å². The zero-order chi connectivity index (χ0) is 15.2. The van der Waals surface area contributed by atoms with Gasteiger partial charge in [-0.1, -0.05) is 12.1 Å². The van der Waals surface area contributed by atoms with Crippen LogP contribution in [0.25, 0.3) is 0 Å². The highest BCUT2D eigenvalue weighted by molar-refractivity contribution is 7.89. The van der Waals surface area contributed by atoms with Gasteiger partial charge in [0.25, 0.3) is 5.69 Å². The molecular formula is C11H16N2O6S. The standard InChI is InChI=1S/C11H16N2O6S/c1-12(6-8-19-9-7-14)20(17,18)11-5-3-2-4-10(11)13(15)16/h2-5,14H,6-9H2,1H3. The van der Waals surface area contributed by atoms with Crippen molar-refractivity contribution < 1.29 is 23.2 Å². The number of benzene rings is 1. The molecule has 1 N–H and O–H groups in total. The molecule has 112 valence electrons. The second-order valence-corrected chi connectivity index (χ2v) is 5.90. The summed E-state index contributed by atoms with van der Waals surface area (Å²) in [5.74, 6) is 0. The Kier molecular flexibility index (Phi) is 6.02. The van der Waals surface area contributed by atoms with Crippen molar-refractivity contribution in [3.05, 3.63) is 34.4 Å². The molecule has 0 aliphatic rings. The Labute approximate surface area is 116 Å². The van der Waals surface area contributed by atoms with Gasteiger partial charge in [-0.25, -0.2) is 8.42 Å². The fourth-order valence-corrected chi connectivity index (χ4v) is 2.78. The van der Waals surface area contributed by atoms with Crippen LogP contribution >= 0.6 is 0 Å². The number of likely N-dealkylation sites (N-methyl/N-ethyl adjacent to an activating group) is 1. The molecule has 0 amide bonds. The Balaban J connectivity index is 2.90. The first-order valence-corrected chi connectivity index (χ1v) is 7.23. The highest BCUT2D eigenvalue weighted by Crippen LogP contribution is 2.25. The Morgan fingerprint density at radius 1 is 1.35 bits per heavy atom. The number of hydrogen-bond donors (Lipinski definition) is 1. The van der Waals surface area contributed by atoms with Gasteiger partial charge in [0.05, 0.1) is 24.7 Å². The molecule has 0 saturated heterocycles. The number of nitro groups is 1. The Morgan fingerprint density at radius 2 is 2.00 bits per heavy atom. The number of aliphatic hydroxyl groups excluding tert-OH is 1. The summed E-state index contributed by atoms with van der Waals surface area (Å²) < 4.78 is 30.4. The zero-order valence-electron chi connectivity index (χ0n) is 10.9. The number of rotatable bonds is 8. The zero-order valence-corrected chi connectivity index (χ0v) is 11.7. The number of ether oxygens (including phenoxy) is 1. The fourth-order valence-electron chi connectivity index (χ4n) is 1.47. The molecule has 0 aliphatic heterocycles. The van der Waals surface area contributed by atoms with E-state index in [1.54, 1.807) is 0 Å². The molecule has 1 aromatic carbocycles. The van der Waals surface area contributed by atoms with Crippen LogP contribution in [0.1, 0.15) is 0 Å². The third-order valence-electron chi connectivity index (χ3n) is 2.54. The minimum atomic E-state index is -3.95. The summed E-state index contributed by atoms with van der Waals surface area (Å²) in [6.45, 7) is 0.0886. The van der Waals surface area contributed by atoms with Crippen LogP contribution in [0.4, 0.5) is 5.69 Å². The van der Waals surface area contributed by atoms with E-state index >= 15 is 0 Å². The molecule has 0 heterocycles. The summed E-state index contributed by atoms with van der Waals surface area (Å²) >= 11 is 0. The van der Waals surface area contributed by atoms with Gasteiger partial charge in [0, 0.05) is 19.7 Å². The Hall–Kier alpha value is -1.55. The van der Waals surface area contributed by atoms with Gasteiger partial charge in [-0.3, -0.25) is 10.1 Å². The number of nitro benzene ring substituents is 1. The molecule has 0 atom stereocenters. The van der Waals surface area contributed by atoms with Crippen molar-refractivity contribution in [3.63, 3.8) is 0 Å². The Bertz CT molecular complexity index is 560. The minimum absolute atomic E-state index is 0.0361. The molecule has 0 saturated carbocycles. The summed E-state index contributed by atoms with van der Waals surface area (Å²) in [6.07, 6.45) is 0. The monoisotopic (exact) mass is 304 g/mol. The number of hydrogen-bond acceptors (Lipinski definition) is 6. The molecule has 0 aliphatic carbocycles. The van der Waals surface area contributed by atoms with Gasteiger partial charge in [0.1, 0.15) is 0 Å². The van der Waals surface area contributed by atoms with Crippen molar-refractivity contribution in [2.75, 3.05) is 33.4 Å². The summed E-state index contributed by atoms with van der Waals surface area (Å²) in [7, 11) is -2.64. The predicted molar refractivity (Wildman–Crippen MR) is 70.8 cm³/mol. The second kappa shape index (κ2) is 7.29. The molecule has 0 fully saturated rings. The molecular weight excluding hydrogens is 288 g/mol. The van der Waals surface area contributed by atoms with E-state index in [9.17, 15) is 18.5 Å². The molecule has 0 spiro atoms. The van der Waals surface area contributed by atoms with Crippen LogP contribution in [0.15, 0.2) is 29.2 Å². The largest absolute Gasteiger partial charge is 0.394 e. The van der Waals surface area contributed by atoms with Crippen LogP contribution in [0, 0.1) is 10.1 Å². The number of nitrogens with zero attached hydrogens (tertiary/aromatic N) is 2. The van der Waals surface area contributed by atoms with E-state index < -0.39 is 20.6 Å². The van der Waals surface area contributed by atoms with Crippen molar-refractivity contribution in [2.24, 2.45) is 0 Å². The van der Waals surface area contributed by atoms with Gasteiger partial charge in [-0.05, 0) is 6.07 Å². The highest BCUT2D eigenvalue weighted by Gasteiger charge is 2.28. The van der Waals surface area contributed by atoms with Gasteiger partial charge in [-0.2, -0.15) is 4.31 Å². The van der Waals surface area contributed by atoms with E-state index in [2.05, 4.69) is 0 Å².